The molecule has 0 aliphatic rings. The lowest BCUT2D eigenvalue weighted by Gasteiger charge is -2.19. The molecule has 0 aliphatic heterocycles. The first kappa shape index (κ1) is 15.3. The molecule has 2 aromatic carbocycles. The molecule has 124 valence electrons. The van der Waals surface area contributed by atoms with E-state index in [1.807, 2.05) is 29.0 Å². The molecule has 0 bridgehead atoms. The number of hydrogen-bond donors (Lipinski definition) is 2. The molecular formula is C19H18N6. The number of hydrogen-bond acceptors (Lipinski definition) is 5. The molecule has 6 nitrogen and oxygen atoms in total. The van der Waals surface area contributed by atoms with E-state index >= 15 is 0 Å². The van der Waals surface area contributed by atoms with E-state index in [0.29, 0.717) is 6.54 Å². The van der Waals surface area contributed by atoms with Crippen LogP contribution in [-0.2, 0) is 0 Å². The smallest absolute Gasteiger partial charge is 0.143 e. The zero-order chi connectivity index (χ0) is 17.1. The third kappa shape index (κ3) is 3.20. The highest BCUT2D eigenvalue weighted by Gasteiger charge is 2.11. The number of nitrogens with zero attached hydrogens (tertiary/aromatic N) is 4. The first-order chi connectivity index (χ1) is 12.3. The Kier molecular flexibility index (Phi) is 4.10. The molecular weight excluding hydrogens is 312 g/mol. The van der Waals surface area contributed by atoms with Gasteiger partial charge in [0.2, 0.25) is 0 Å². The summed E-state index contributed by atoms with van der Waals surface area (Å²) >= 11 is 0. The molecule has 0 aliphatic carbocycles. The predicted molar refractivity (Wildman–Crippen MR) is 98.5 cm³/mol. The minimum absolute atomic E-state index is 0.0323. The summed E-state index contributed by atoms with van der Waals surface area (Å²) in [6, 6.07) is 16.5. The van der Waals surface area contributed by atoms with E-state index in [1.54, 1.807) is 12.5 Å². The Balaban J connectivity index is 1.62. The normalized spacial score (nSPS) is 12.2. The molecule has 4 rings (SSSR count). The van der Waals surface area contributed by atoms with Crippen LogP contribution in [0, 0.1) is 0 Å². The molecule has 2 heterocycles. The maximum Gasteiger partial charge on any atom is 0.143 e. The maximum atomic E-state index is 6.01. The first-order valence-corrected chi connectivity index (χ1v) is 8.09. The minimum Gasteiger partial charge on any atom is -0.362 e. The lowest BCUT2D eigenvalue weighted by atomic mass is 10.0. The van der Waals surface area contributed by atoms with Crippen molar-refractivity contribution in [3.8, 4) is 5.82 Å². The summed E-state index contributed by atoms with van der Waals surface area (Å²) in [7, 11) is 0. The molecule has 1 atom stereocenters. The van der Waals surface area contributed by atoms with Crippen molar-refractivity contribution in [1.29, 1.82) is 0 Å². The van der Waals surface area contributed by atoms with E-state index in [1.165, 1.54) is 17.1 Å². The summed E-state index contributed by atoms with van der Waals surface area (Å²) < 4.78 is 1.83. The van der Waals surface area contributed by atoms with E-state index in [9.17, 15) is 0 Å². The first-order valence-electron chi connectivity index (χ1n) is 8.09. The Morgan fingerprint density at radius 2 is 1.92 bits per heavy atom. The molecule has 0 amide bonds. The van der Waals surface area contributed by atoms with Gasteiger partial charge in [-0.3, -0.25) is 4.57 Å². The van der Waals surface area contributed by atoms with Crippen LogP contribution >= 0.6 is 0 Å². The van der Waals surface area contributed by atoms with Crippen LogP contribution in [0.25, 0.3) is 16.6 Å². The van der Waals surface area contributed by atoms with Gasteiger partial charge in [0.1, 0.15) is 24.3 Å². The van der Waals surface area contributed by atoms with Crippen molar-refractivity contribution >= 4 is 16.6 Å². The van der Waals surface area contributed by atoms with Crippen LogP contribution in [0.3, 0.4) is 0 Å². The number of fused-ring (bicyclic) bond motifs is 1. The Morgan fingerprint density at radius 3 is 2.72 bits per heavy atom. The van der Waals surface area contributed by atoms with Gasteiger partial charge in [-0.05, 0) is 22.4 Å². The Labute approximate surface area is 145 Å². The van der Waals surface area contributed by atoms with Gasteiger partial charge in [0.15, 0.2) is 0 Å². The molecule has 3 N–H and O–H groups in total. The molecule has 2 aromatic heterocycles. The molecule has 6 heteroatoms. The molecule has 0 spiro atoms. The van der Waals surface area contributed by atoms with E-state index in [-0.39, 0.29) is 6.04 Å². The fraction of sp³-hybridized carbons (Fsp3) is 0.105. The van der Waals surface area contributed by atoms with Crippen LogP contribution in [0.5, 0.6) is 0 Å². The van der Waals surface area contributed by atoms with Crippen molar-refractivity contribution in [2.24, 2.45) is 5.73 Å². The third-order valence-electron chi connectivity index (χ3n) is 4.16. The van der Waals surface area contributed by atoms with E-state index < -0.39 is 0 Å². The number of nitrogens with one attached hydrogen (secondary N) is 1. The minimum atomic E-state index is -0.0323. The second-order valence-electron chi connectivity index (χ2n) is 5.77. The zero-order valence-electron chi connectivity index (χ0n) is 13.6. The average molecular weight is 330 g/mol. The Bertz CT molecular complexity index is 980. The van der Waals surface area contributed by atoms with Crippen LogP contribution in [0.1, 0.15) is 11.6 Å². The molecule has 25 heavy (non-hydrogen) atoms. The van der Waals surface area contributed by atoms with Gasteiger partial charge in [-0.25, -0.2) is 15.0 Å². The van der Waals surface area contributed by atoms with Gasteiger partial charge in [-0.1, -0.05) is 36.4 Å². The molecule has 1 unspecified atom stereocenters. The predicted octanol–water partition coefficient (Wildman–Crippen LogP) is 2.93. The summed E-state index contributed by atoms with van der Waals surface area (Å²) in [4.78, 5) is 12.6. The summed E-state index contributed by atoms with van der Waals surface area (Å²) in [6.07, 6.45) is 6.80. The third-order valence-corrected chi connectivity index (χ3v) is 4.16. The quantitative estimate of drug-likeness (QED) is 0.588. The van der Waals surface area contributed by atoms with Crippen molar-refractivity contribution in [1.82, 2.24) is 19.5 Å². The van der Waals surface area contributed by atoms with Gasteiger partial charge in [0.05, 0.1) is 6.04 Å². The molecule has 0 saturated heterocycles. The average Bonchev–Trinajstić information content (AvgIpc) is 3.21. The van der Waals surface area contributed by atoms with Crippen molar-refractivity contribution < 1.29 is 0 Å². The SMILES string of the molecule is NCC(Nc1cc(-n2ccnc2)ncn1)c1ccc2ccccc2c1. The molecule has 0 saturated carbocycles. The number of imidazole rings is 1. The van der Waals surface area contributed by atoms with Crippen LogP contribution in [0.2, 0.25) is 0 Å². The van der Waals surface area contributed by atoms with Crippen LogP contribution < -0.4 is 11.1 Å². The van der Waals surface area contributed by atoms with Crippen molar-refractivity contribution in [3.63, 3.8) is 0 Å². The highest BCUT2D eigenvalue weighted by molar-refractivity contribution is 5.83. The van der Waals surface area contributed by atoms with Crippen LogP contribution in [0.15, 0.2) is 73.6 Å². The number of aromatic nitrogens is 4. The van der Waals surface area contributed by atoms with E-state index in [4.69, 9.17) is 5.73 Å². The Hall–Kier alpha value is -3.25. The number of anilines is 1. The highest BCUT2D eigenvalue weighted by Crippen LogP contribution is 2.23. The number of benzene rings is 2. The zero-order valence-corrected chi connectivity index (χ0v) is 13.6. The van der Waals surface area contributed by atoms with Gasteiger partial charge in [-0.15, -0.1) is 0 Å². The van der Waals surface area contributed by atoms with Crippen LogP contribution in [0.4, 0.5) is 5.82 Å². The van der Waals surface area contributed by atoms with Gasteiger partial charge < -0.3 is 11.1 Å². The summed E-state index contributed by atoms with van der Waals surface area (Å²) in [5.41, 5.74) is 7.14. The van der Waals surface area contributed by atoms with Crippen molar-refractivity contribution in [3.05, 3.63) is 79.1 Å². The Morgan fingerprint density at radius 1 is 1.04 bits per heavy atom. The highest BCUT2D eigenvalue weighted by atomic mass is 15.1. The number of rotatable bonds is 5. The summed E-state index contributed by atoms with van der Waals surface area (Å²) in [6.45, 7) is 0.461. The van der Waals surface area contributed by atoms with Gasteiger partial charge in [-0.2, -0.15) is 0 Å². The van der Waals surface area contributed by atoms with Gasteiger partial charge in [0.25, 0.3) is 0 Å². The van der Waals surface area contributed by atoms with Gasteiger partial charge in [0, 0.05) is 25.0 Å². The fourth-order valence-corrected chi connectivity index (χ4v) is 2.84. The lowest BCUT2D eigenvalue weighted by molar-refractivity contribution is 0.783. The second-order valence-corrected chi connectivity index (χ2v) is 5.77. The molecule has 0 fully saturated rings. The van der Waals surface area contributed by atoms with Crippen molar-refractivity contribution in [2.45, 2.75) is 6.04 Å². The van der Waals surface area contributed by atoms with Crippen LogP contribution in [-0.4, -0.2) is 26.1 Å². The molecule has 4 aromatic rings. The largest absolute Gasteiger partial charge is 0.362 e. The number of nitrogens with two attached hydrogens (primary N) is 1. The topological polar surface area (TPSA) is 81.6 Å². The maximum absolute atomic E-state index is 6.01. The van der Waals surface area contributed by atoms with E-state index in [0.717, 1.165) is 17.2 Å². The lowest BCUT2D eigenvalue weighted by Crippen LogP contribution is -2.21. The van der Waals surface area contributed by atoms with E-state index in [2.05, 4.69) is 50.6 Å². The van der Waals surface area contributed by atoms with Gasteiger partial charge >= 0.3 is 0 Å². The molecule has 0 radical (unpaired) electrons. The summed E-state index contributed by atoms with van der Waals surface area (Å²) in [5, 5.41) is 5.81. The van der Waals surface area contributed by atoms with Crippen molar-refractivity contribution in [2.75, 3.05) is 11.9 Å². The monoisotopic (exact) mass is 330 g/mol. The summed E-state index contributed by atoms with van der Waals surface area (Å²) in [5.74, 6) is 1.48. The fourth-order valence-electron chi connectivity index (χ4n) is 2.84. The second kappa shape index (κ2) is 6.70. The standard InChI is InChI=1S/C19H18N6/c20-11-17(16-6-5-14-3-1-2-4-15(14)9-16)24-18-10-19(23-12-22-18)25-8-7-21-13-25/h1-10,12-13,17H,11,20H2,(H,22,23,24).